The van der Waals surface area contributed by atoms with Crippen molar-refractivity contribution in [2.24, 2.45) is 0 Å². The summed E-state index contributed by atoms with van der Waals surface area (Å²) in [5.41, 5.74) is 2.15. The van der Waals surface area contributed by atoms with Gasteiger partial charge in [0, 0.05) is 48.4 Å². The molecule has 0 aliphatic carbocycles. The number of hydrogen-bond donors (Lipinski definition) is 1. The number of anilines is 2. The van der Waals surface area contributed by atoms with Gasteiger partial charge in [-0.15, -0.1) is 5.10 Å². The van der Waals surface area contributed by atoms with Gasteiger partial charge in [-0.05, 0) is 12.8 Å². The van der Waals surface area contributed by atoms with E-state index in [1.54, 1.807) is 25.6 Å². The van der Waals surface area contributed by atoms with Gasteiger partial charge in [-0.2, -0.15) is 0 Å². The Morgan fingerprint density at radius 3 is 2.28 bits per heavy atom. The lowest BCUT2D eigenvalue weighted by Crippen LogP contribution is -2.39. The van der Waals surface area contributed by atoms with Crippen molar-refractivity contribution in [1.29, 1.82) is 0 Å². The van der Waals surface area contributed by atoms with Crippen LogP contribution in [0.15, 0.2) is 24.4 Å². The van der Waals surface area contributed by atoms with Crippen LogP contribution in [0.1, 0.15) is 39.3 Å². The minimum Gasteiger partial charge on any atom is -0.497 e. The standard InChI is InChI=1S/C21H29N5O2S/c1-21(2,3)18-13-26-19(23-18)29-20(24-26)25-8-6-14(7-9-25)22-15-10-16(27-4)12-17(11-15)28-5/h10-14,22H,6-9H2,1-5H3. The quantitative estimate of drug-likeness (QED) is 0.674. The van der Waals surface area contributed by atoms with Gasteiger partial charge in [0.15, 0.2) is 0 Å². The summed E-state index contributed by atoms with van der Waals surface area (Å²) < 4.78 is 12.7. The molecule has 0 radical (unpaired) electrons. The first kappa shape index (κ1) is 19.8. The molecule has 29 heavy (non-hydrogen) atoms. The first-order valence-electron chi connectivity index (χ1n) is 9.97. The second kappa shape index (κ2) is 7.74. The van der Waals surface area contributed by atoms with Crippen LogP contribution in [-0.2, 0) is 5.41 Å². The molecule has 0 bridgehead atoms. The van der Waals surface area contributed by atoms with Crippen molar-refractivity contribution in [1.82, 2.24) is 14.6 Å². The Morgan fingerprint density at radius 1 is 1.07 bits per heavy atom. The Hall–Kier alpha value is -2.48. The molecule has 0 amide bonds. The smallest absolute Gasteiger partial charge is 0.214 e. The number of rotatable bonds is 5. The van der Waals surface area contributed by atoms with E-state index in [4.69, 9.17) is 19.6 Å². The van der Waals surface area contributed by atoms with Gasteiger partial charge in [0.25, 0.3) is 0 Å². The predicted molar refractivity (Wildman–Crippen MR) is 118 cm³/mol. The van der Waals surface area contributed by atoms with Crippen LogP contribution in [0.2, 0.25) is 0 Å². The van der Waals surface area contributed by atoms with Crippen LogP contribution in [0.25, 0.3) is 4.96 Å². The molecule has 4 rings (SSSR count). The lowest BCUT2D eigenvalue weighted by molar-refractivity contribution is 0.394. The third-order valence-corrected chi connectivity index (χ3v) is 6.27. The van der Waals surface area contributed by atoms with E-state index < -0.39 is 0 Å². The SMILES string of the molecule is COc1cc(NC2CCN(c3nn4cc(C(C)(C)C)nc4s3)CC2)cc(OC)c1. The molecule has 1 fully saturated rings. The molecule has 0 spiro atoms. The molecule has 3 heterocycles. The molecule has 156 valence electrons. The average molecular weight is 416 g/mol. The number of imidazole rings is 1. The Morgan fingerprint density at radius 2 is 1.72 bits per heavy atom. The predicted octanol–water partition coefficient (Wildman–Crippen LogP) is 4.19. The van der Waals surface area contributed by atoms with E-state index in [0.717, 1.165) is 58.9 Å². The molecule has 1 aliphatic heterocycles. The van der Waals surface area contributed by atoms with Crippen molar-refractivity contribution in [2.45, 2.75) is 45.1 Å². The number of methoxy groups -OCH3 is 2. The zero-order chi connectivity index (χ0) is 20.6. The first-order chi connectivity index (χ1) is 13.9. The number of ether oxygens (including phenoxy) is 2. The third-order valence-electron chi connectivity index (χ3n) is 5.29. The molecule has 1 N–H and O–H groups in total. The number of benzene rings is 1. The van der Waals surface area contributed by atoms with Gasteiger partial charge < -0.3 is 19.7 Å². The highest BCUT2D eigenvalue weighted by atomic mass is 32.1. The summed E-state index contributed by atoms with van der Waals surface area (Å²) in [5, 5.41) is 9.45. The van der Waals surface area contributed by atoms with Crippen LogP contribution in [0, 0.1) is 0 Å². The number of fused-ring (bicyclic) bond motifs is 1. The lowest BCUT2D eigenvalue weighted by atomic mass is 9.93. The largest absolute Gasteiger partial charge is 0.497 e. The van der Waals surface area contributed by atoms with E-state index in [-0.39, 0.29) is 5.41 Å². The van der Waals surface area contributed by atoms with Crippen molar-refractivity contribution in [3.63, 3.8) is 0 Å². The van der Waals surface area contributed by atoms with Gasteiger partial charge in [-0.25, -0.2) is 9.50 Å². The molecule has 0 unspecified atom stereocenters. The van der Waals surface area contributed by atoms with Crippen LogP contribution in [0.4, 0.5) is 10.8 Å². The monoisotopic (exact) mass is 415 g/mol. The summed E-state index contributed by atoms with van der Waals surface area (Å²) in [4.78, 5) is 8.09. The summed E-state index contributed by atoms with van der Waals surface area (Å²) in [6, 6.07) is 6.33. The Kier molecular flexibility index (Phi) is 5.29. The maximum atomic E-state index is 5.37. The summed E-state index contributed by atoms with van der Waals surface area (Å²) in [7, 11) is 3.35. The average Bonchev–Trinajstić information content (AvgIpc) is 3.27. The molecular formula is C21H29N5O2S. The van der Waals surface area contributed by atoms with Crippen LogP contribution in [0.5, 0.6) is 11.5 Å². The first-order valence-corrected chi connectivity index (χ1v) is 10.8. The summed E-state index contributed by atoms with van der Waals surface area (Å²) in [6.07, 6.45) is 4.16. The topological polar surface area (TPSA) is 63.9 Å². The van der Waals surface area contributed by atoms with Crippen LogP contribution in [-0.4, -0.2) is 47.9 Å². The Bertz CT molecular complexity index is 929. The van der Waals surface area contributed by atoms with Gasteiger partial charge in [-0.1, -0.05) is 32.1 Å². The maximum Gasteiger partial charge on any atom is 0.214 e. The van der Waals surface area contributed by atoms with E-state index in [9.17, 15) is 0 Å². The summed E-state index contributed by atoms with van der Waals surface area (Å²) in [5.74, 6) is 1.59. The number of nitrogens with one attached hydrogen (secondary N) is 1. The maximum absolute atomic E-state index is 5.37. The van der Waals surface area contributed by atoms with E-state index in [2.05, 4.69) is 37.2 Å². The van der Waals surface area contributed by atoms with E-state index in [1.807, 2.05) is 22.7 Å². The zero-order valence-electron chi connectivity index (χ0n) is 17.7. The van der Waals surface area contributed by atoms with Gasteiger partial charge in [0.2, 0.25) is 10.1 Å². The molecule has 2 aromatic heterocycles. The molecule has 3 aromatic rings. The van der Waals surface area contributed by atoms with E-state index in [0.29, 0.717) is 6.04 Å². The van der Waals surface area contributed by atoms with Crippen LogP contribution in [0.3, 0.4) is 0 Å². The van der Waals surface area contributed by atoms with Crippen molar-refractivity contribution in [2.75, 3.05) is 37.5 Å². The van der Waals surface area contributed by atoms with Crippen molar-refractivity contribution < 1.29 is 9.47 Å². The van der Waals surface area contributed by atoms with Crippen molar-refractivity contribution in [3.05, 3.63) is 30.1 Å². The van der Waals surface area contributed by atoms with Gasteiger partial charge in [-0.3, -0.25) is 0 Å². The fraction of sp³-hybridized carbons (Fsp3) is 0.524. The highest BCUT2D eigenvalue weighted by Crippen LogP contribution is 2.31. The molecule has 0 atom stereocenters. The molecule has 0 saturated carbocycles. The van der Waals surface area contributed by atoms with Gasteiger partial charge in [0.05, 0.1) is 26.1 Å². The normalized spacial score (nSPS) is 15.7. The molecule has 8 heteroatoms. The van der Waals surface area contributed by atoms with Crippen molar-refractivity contribution >= 4 is 27.1 Å². The van der Waals surface area contributed by atoms with Crippen LogP contribution < -0.4 is 19.7 Å². The molecule has 1 aromatic carbocycles. The second-order valence-electron chi connectivity index (χ2n) is 8.49. The fourth-order valence-electron chi connectivity index (χ4n) is 3.52. The Balaban J connectivity index is 1.39. The van der Waals surface area contributed by atoms with Crippen LogP contribution >= 0.6 is 11.3 Å². The highest BCUT2D eigenvalue weighted by Gasteiger charge is 2.24. The van der Waals surface area contributed by atoms with Crippen molar-refractivity contribution in [3.8, 4) is 11.5 Å². The molecule has 1 saturated heterocycles. The van der Waals surface area contributed by atoms with Gasteiger partial charge >= 0.3 is 0 Å². The summed E-state index contributed by atoms with van der Waals surface area (Å²) in [6.45, 7) is 8.48. The fourth-order valence-corrected chi connectivity index (χ4v) is 4.46. The lowest BCUT2D eigenvalue weighted by Gasteiger charge is -2.32. The number of nitrogens with zero attached hydrogens (tertiary/aromatic N) is 4. The van der Waals surface area contributed by atoms with Gasteiger partial charge in [0.1, 0.15) is 11.5 Å². The van der Waals surface area contributed by atoms with E-state index >= 15 is 0 Å². The molecular weight excluding hydrogens is 386 g/mol. The number of aromatic nitrogens is 3. The summed E-state index contributed by atoms with van der Waals surface area (Å²) >= 11 is 1.67. The zero-order valence-corrected chi connectivity index (χ0v) is 18.5. The number of hydrogen-bond acceptors (Lipinski definition) is 7. The number of piperidine rings is 1. The van der Waals surface area contributed by atoms with E-state index in [1.165, 1.54) is 0 Å². The highest BCUT2D eigenvalue weighted by molar-refractivity contribution is 7.20. The third kappa shape index (κ3) is 4.27. The second-order valence-corrected chi connectivity index (χ2v) is 9.43. The molecule has 1 aliphatic rings. The minimum absolute atomic E-state index is 0.0421. The minimum atomic E-state index is 0.0421. The molecule has 7 nitrogen and oxygen atoms in total. The Labute approximate surface area is 175 Å².